The van der Waals surface area contributed by atoms with Crippen LogP contribution in [0.3, 0.4) is 0 Å². The van der Waals surface area contributed by atoms with Crippen LogP contribution >= 0.6 is 0 Å². The first-order valence-corrected chi connectivity index (χ1v) is 9.12. The summed E-state index contributed by atoms with van der Waals surface area (Å²) in [5.41, 5.74) is 2.50. The number of aryl methyl sites for hydroxylation is 1. The average Bonchev–Trinajstić information content (AvgIpc) is 2.69. The summed E-state index contributed by atoms with van der Waals surface area (Å²) in [6, 6.07) is 9.45. The smallest absolute Gasteiger partial charge is 0.252 e. The van der Waals surface area contributed by atoms with Gasteiger partial charge in [0, 0.05) is 32.4 Å². The zero-order chi connectivity index (χ0) is 19.1. The van der Waals surface area contributed by atoms with Crippen molar-refractivity contribution in [1.29, 1.82) is 0 Å². The lowest BCUT2D eigenvalue weighted by molar-refractivity contribution is 0.0383. The third kappa shape index (κ3) is 5.42. The SMILES string of the molecule is COc1ccc(C)cc1Nc1ccc(C(=O)NCCN2CCOCC2)cn1. The van der Waals surface area contributed by atoms with Crippen molar-refractivity contribution in [3.63, 3.8) is 0 Å². The lowest BCUT2D eigenvalue weighted by Crippen LogP contribution is -2.41. The fraction of sp³-hybridized carbons (Fsp3) is 0.400. The van der Waals surface area contributed by atoms with E-state index in [4.69, 9.17) is 9.47 Å². The molecule has 1 aromatic carbocycles. The molecule has 7 heteroatoms. The molecule has 1 fully saturated rings. The third-order valence-electron chi connectivity index (χ3n) is 4.46. The number of rotatable bonds is 7. The minimum Gasteiger partial charge on any atom is -0.495 e. The number of carbonyl (C=O) groups excluding carboxylic acids is 1. The Balaban J connectivity index is 1.53. The predicted octanol–water partition coefficient (Wildman–Crippen LogP) is 2.20. The maximum atomic E-state index is 12.3. The Morgan fingerprint density at radius 3 is 2.78 bits per heavy atom. The maximum absolute atomic E-state index is 12.3. The van der Waals surface area contributed by atoms with Crippen molar-refractivity contribution in [2.45, 2.75) is 6.92 Å². The summed E-state index contributed by atoms with van der Waals surface area (Å²) in [4.78, 5) is 18.9. The van der Waals surface area contributed by atoms with Crippen molar-refractivity contribution in [3.8, 4) is 5.75 Å². The molecule has 144 valence electrons. The van der Waals surface area contributed by atoms with E-state index in [9.17, 15) is 4.79 Å². The van der Waals surface area contributed by atoms with E-state index in [2.05, 4.69) is 20.5 Å². The van der Waals surface area contributed by atoms with Gasteiger partial charge in [0.25, 0.3) is 5.91 Å². The van der Waals surface area contributed by atoms with Crippen LogP contribution in [0.2, 0.25) is 0 Å². The number of ether oxygens (including phenoxy) is 2. The van der Waals surface area contributed by atoms with Crippen LogP contribution in [-0.2, 0) is 4.74 Å². The number of nitrogens with one attached hydrogen (secondary N) is 2. The summed E-state index contributed by atoms with van der Waals surface area (Å²) < 4.78 is 10.7. The predicted molar refractivity (Wildman–Crippen MR) is 105 cm³/mol. The molecule has 0 atom stereocenters. The van der Waals surface area contributed by atoms with E-state index in [1.165, 1.54) is 0 Å². The first-order chi connectivity index (χ1) is 13.2. The monoisotopic (exact) mass is 370 g/mol. The molecule has 1 aliphatic rings. The molecule has 0 bridgehead atoms. The topological polar surface area (TPSA) is 75.7 Å². The first-order valence-electron chi connectivity index (χ1n) is 9.12. The minimum atomic E-state index is -0.115. The lowest BCUT2D eigenvalue weighted by Gasteiger charge is -2.26. The van der Waals surface area contributed by atoms with Crippen LogP contribution < -0.4 is 15.4 Å². The Hall–Kier alpha value is -2.64. The number of morpholine rings is 1. The average molecular weight is 370 g/mol. The third-order valence-corrected chi connectivity index (χ3v) is 4.46. The molecule has 27 heavy (non-hydrogen) atoms. The second-order valence-corrected chi connectivity index (χ2v) is 6.47. The second-order valence-electron chi connectivity index (χ2n) is 6.47. The molecule has 0 saturated carbocycles. The van der Waals surface area contributed by atoms with Crippen LogP contribution in [0.5, 0.6) is 5.75 Å². The van der Waals surface area contributed by atoms with E-state index in [0.717, 1.165) is 49.8 Å². The summed E-state index contributed by atoms with van der Waals surface area (Å²) in [5, 5.41) is 6.17. The van der Waals surface area contributed by atoms with E-state index >= 15 is 0 Å². The van der Waals surface area contributed by atoms with E-state index in [0.29, 0.717) is 17.9 Å². The number of anilines is 2. The summed E-state index contributed by atoms with van der Waals surface area (Å²) in [6.07, 6.45) is 1.58. The molecule has 0 spiro atoms. The number of amides is 1. The molecule has 3 rings (SSSR count). The molecule has 0 radical (unpaired) electrons. The van der Waals surface area contributed by atoms with Crippen molar-refractivity contribution >= 4 is 17.4 Å². The molecule has 7 nitrogen and oxygen atoms in total. The van der Waals surface area contributed by atoms with Crippen LogP contribution in [0.1, 0.15) is 15.9 Å². The van der Waals surface area contributed by atoms with E-state index in [1.807, 2.05) is 25.1 Å². The highest BCUT2D eigenvalue weighted by atomic mass is 16.5. The van der Waals surface area contributed by atoms with Gasteiger partial charge < -0.3 is 20.1 Å². The summed E-state index contributed by atoms with van der Waals surface area (Å²) >= 11 is 0. The summed E-state index contributed by atoms with van der Waals surface area (Å²) in [6.45, 7) is 6.81. The van der Waals surface area contributed by atoms with Crippen LogP contribution in [0.15, 0.2) is 36.5 Å². The highest BCUT2D eigenvalue weighted by Crippen LogP contribution is 2.27. The number of carbonyl (C=O) groups is 1. The van der Waals surface area contributed by atoms with Crippen molar-refractivity contribution in [3.05, 3.63) is 47.7 Å². The number of aromatic nitrogens is 1. The zero-order valence-corrected chi connectivity index (χ0v) is 15.8. The fourth-order valence-electron chi connectivity index (χ4n) is 2.91. The van der Waals surface area contributed by atoms with Gasteiger partial charge in [0.15, 0.2) is 0 Å². The van der Waals surface area contributed by atoms with Gasteiger partial charge in [0.1, 0.15) is 11.6 Å². The van der Waals surface area contributed by atoms with Gasteiger partial charge in [-0.2, -0.15) is 0 Å². The van der Waals surface area contributed by atoms with Gasteiger partial charge in [-0.25, -0.2) is 4.98 Å². The highest BCUT2D eigenvalue weighted by molar-refractivity contribution is 5.94. The van der Waals surface area contributed by atoms with E-state index in [1.54, 1.807) is 25.4 Å². The fourth-order valence-corrected chi connectivity index (χ4v) is 2.91. The Morgan fingerprint density at radius 1 is 1.26 bits per heavy atom. The Labute approximate surface area is 159 Å². The quantitative estimate of drug-likeness (QED) is 0.778. The molecule has 1 amide bonds. The van der Waals surface area contributed by atoms with Crippen molar-refractivity contribution < 1.29 is 14.3 Å². The number of nitrogens with zero attached hydrogens (tertiary/aromatic N) is 2. The number of pyridine rings is 1. The van der Waals surface area contributed by atoms with Crippen LogP contribution in [-0.4, -0.2) is 62.3 Å². The number of benzene rings is 1. The van der Waals surface area contributed by atoms with Crippen LogP contribution in [0.25, 0.3) is 0 Å². The van der Waals surface area contributed by atoms with Crippen LogP contribution in [0.4, 0.5) is 11.5 Å². The van der Waals surface area contributed by atoms with Crippen molar-refractivity contribution in [2.75, 3.05) is 51.8 Å². The van der Waals surface area contributed by atoms with Gasteiger partial charge >= 0.3 is 0 Å². The Bertz CT molecular complexity index is 758. The molecular formula is C20H26N4O3. The number of methoxy groups -OCH3 is 1. The summed E-state index contributed by atoms with van der Waals surface area (Å²) in [5.74, 6) is 1.28. The molecular weight excluding hydrogens is 344 g/mol. The summed E-state index contributed by atoms with van der Waals surface area (Å²) in [7, 11) is 1.63. The van der Waals surface area contributed by atoms with Gasteiger partial charge in [-0.15, -0.1) is 0 Å². The Morgan fingerprint density at radius 2 is 2.07 bits per heavy atom. The molecule has 0 aliphatic carbocycles. The Kier molecular flexibility index (Phi) is 6.62. The normalized spacial score (nSPS) is 14.6. The van der Waals surface area contributed by atoms with Gasteiger partial charge in [0.2, 0.25) is 0 Å². The minimum absolute atomic E-state index is 0.115. The van der Waals surface area contributed by atoms with Crippen molar-refractivity contribution in [1.82, 2.24) is 15.2 Å². The van der Waals surface area contributed by atoms with Gasteiger partial charge in [0.05, 0.1) is 31.6 Å². The first kappa shape index (κ1) is 19.1. The molecule has 2 heterocycles. The second kappa shape index (κ2) is 9.34. The van der Waals surface area contributed by atoms with Gasteiger partial charge in [-0.1, -0.05) is 6.07 Å². The zero-order valence-electron chi connectivity index (χ0n) is 15.8. The van der Waals surface area contributed by atoms with Crippen LogP contribution in [0, 0.1) is 6.92 Å². The van der Waals surface area contributed by atoms with E-state index in [-0.39, 0.29) is 5.91 Å². The lowest BCUT2D eigenvalue weighted by atomic mass is 10.2. The largest absolute Gasteiger partial charge is 0.495 e. The van der Waals surface area contributed by atoms with Gasteiger partial charge in [-0.3, -0.25) is 9.69 Å². The molecule has 1 aromatic heterocycles. The van der Waals surface area contributed by atoms with Crippen molar-refractivity contribution in [2.24, 2.45) is 0 Å². The highest BCUT2D eigenvalue weighted by Gasteiger charge is 2.11. The molecule has 2 N–H and O–H groups in total. The van der Waals surface area contributed by atoms with Gasteiger partial charge in [-0.05, 0) is 36.8 Å². The molecule has 1 aliphatic heterocycles. The van der Waals surface area contributed by atoms with E-state index < -0.39 is 0 Å². The molecule has 2 aromatic rings. The number of hydrogen-bond acceptors (Lipinski definition) is 6. The standard InChI is InChI=1S/C20H26N4O3/c1-15-3-5-18(26-2)17(13-15)23-19-6-4-16(14-22-19)20(25)21-7-8-24-9-11-27-12-10-24/h3-6,13-14H,7-12H2,1-2H3,(H,21,25)(H,22,23). The number of hydrogen-bond donors (Lipinski definition) is 2. The molecule has 0 unspecified atom stereocenters. The molecule has 1 saturated heterocycles. The maximum Gasteiger partial charge on any atom is 0.252 e.